The molecule has 2 N–H and O–H groups in total. The van der Waals surface area contributed by atoms with E-state index < -0.39 is 17.8 Å². The van der Waals surface area contributed by atoms with Crippen molar-refractivity contribution in [3.63, 3.8) is 0 Å². The van der Waals surface area contributed by atoms with Gasteiger partial charge in [-0.1, -0.05) is 24.3 Å². The summed E-state index contributed by atoms with van der Waals surface area (Å²) < 4.78 is 0. The quantitative estimate of drug-likeness (QED) is 0.658. The van der Waals surface area contributed by atoms with Crippen molar-refractivity contribution in [2.24, 2.45) is 35.5 Å². The van der Waals surface area contributed by atoms with Gasteiger partial charge < -0.3 is 10.4 Å². The van der Waals surface area contributed by atoms with E-state index in [1.54, 1.807) is 24.3 Å². The second kappa shape index (κ2) is 5.30. The molecule has 6 atom stereocenters. The first-order valence-corrected chi connectivity index (χ1v) is 8.30. The average molecular weight is 325 g/mol. The van der Waals surface area contributed by atoms with E-state index in [2.05, 4.69) is 5.32 Å². The molecule has 0 aromatic heterocycles. The Morgan fingerprint density at radius 1 is 1.08 bits per heavy atom. The Labute approximate surface area is 139 Å². The maximum Gasteiger partial charge on any atom is 0.307 e. The number of benzene rings is 1. The molecule has 124 valence electrons. The molecule has 1 aromatic carbocycles. The number of amides is 1. The Morgan fingerprint density at radius 3 is 2.38 bits per heavy atom. The van der Waals surface area contributed by atoms with Crippen LogP contribution in [0.1, 0.15) is 23.7 Å². The van der Waals surface area contributed by atoms with E-state index in [9.17, 15) is 19.5 Å². The molecule has 2 fully saturated rings. The van der Waals surface area contributed by atoms with Gasteiger partial charge in [-0.25, -0.2) is 0 Å². The van der Waals surface area contributed by atoms with Crippen molar-refractivity contribution in [1.82, 2.24) is 0 Å². The molecule has 5 rings (SSSR count). The lowest BCUT2D eigenvalue weighted by Crippen LogP contribution is -2.48. The van der Waals surface area contributed by atoms with Crippen LogP contribution >= 0.6 is 0 Å². The number of fused-ring (bicyclic) bond motifs is 1. The van der Waals surface area contributed by atoms with Crippen molar-refractivity contribution in [2.75, 3.05) is 5.32 Å². The van der Waals surface area contributed by atoms with Crippen LogP contribution < -0.4 is 5.32 Å². The molecule has 0 spiro atoms. The predicted octanol–water partition coefficient (Wildman–Crippen LogP) is 2.60. The third-order valence-corrected chi connectivity index (χ3v) is 5.78. The summed E-state index contributed by atoms with van der Waals surface area (Å²) in [6, 6.07) is 6.76. The number of aliphatic carboxylic acids is 1. The molecule has 0 radical (unpaired) electrons. The van der Waals surface area contributed by atoms with Gasteiger partial charge in [0.25, 0.3) is 0 Å². The topological polar surface area (TPSA) is 83.5 Å². The Bertz CT molecular complexity index is 768. The molecule has 0 heterocycles. The number of allylic oxidation sites excluding steroid dienone is 2. The number of carboxylic acids is 1. The highest BCUT2D eigenvalue weighted by molar-refractivity contribution is 5.99. The number of carboxylic acid groups (broad SMARTS) is 1. The first-order valence-electron chi connectivity index (χ1n) is 8.30. The third kappa shape index (κ3) is 2.27. The van der Waals surface area contributed by atoms with Crippen LogP contribution in [0.15, 0.2) is 36.4 Å². The molecular weight excluding hydrogens is 306 g/mol. The molecule has 2 saturated carbocycles. The van der Waals surface area contributed by atoms with Crippen LogP contribution in [0.4, 0.5) is 5.69 Å². The van der Waals surface area contributed by atoms with E-state index in [-0.39, 0.29) is 23.5 Å². The number of ketones is 1. The molecule has 0 saturated heterocycles. The smallest absolute Gasteiger partial charge is 0.307 e. The molecule has 24 heavy (non-hydrogen) atoms. The predicted molar refractivity (Wildman–Crippen MR) is 87.4 cm³/mol. The number of carbonyl (C=O) groups is 3. The van der Waals surface area contributed by atoms with Gasteiger partial charge >= 0.3 is 5.97 Å². The van der Waals surface area contributed by atoms with Crippen LogP contribution in [0, 0.1) is 35.5 Å². The van der Waals surface area contributed by atoms with Crippen LogP contribution in [0.25, 0.3) is 0 Å². The molecular formula is C19H19NO4. The molecule has 0 unspecified atom stereocenters. The van der Waals surface area contributed by atoms with Crippen LogP contribution in [0.2, 0.25) is 0 Å². The standard InChI is InChI=1S/C19H19NO4/c1-9(21)10-3-2-4-11(7-10)20-18(22)16-12-5-6-13(15-8-14(12)15)17(16)19(23)24/h2-7,12-17H,8H2,1H3,(H,20,22)(H,23,24)/t12-,13-,14-,15-,16+,17-/m0/s1. The monoisotopic (exact) mass is 325 g/mol. The van der Waals surface area contributed by atoms with Crippen LogP contribution in [-0.4, -0.2) is 22.8 Å². The van der Waals surface area contributed by atoms with E-state index in [1.165, 1.54) is 6.92 Å². The Kier molecular flexibility index (Phi) is 3.34. The van der Waals surface area contributed by atoms with Crippen molar-refractivity contribution >= 4 is 23.3 Å². The zero-order chi connectivity index (χ0) is 17.0. The van der Waals surface area contributed by atoms with Crippen molar-refractivity contribution in [1.29, 1.82) is 0 Å². The molecule has 1 aromatic rings. The molecule has 5 heteroatoms. The highest BCUT2D eigenvalue weighted by Gasteiger charge is 2.62. The normalized spacial score (nSPS) is 35.2. The van der Waals surface area contributed by atoms with Gasteiger partial charge in [-0.2, -0.15) is 0 Å². The van der Waals surface area contributed by atoms with Crippen LogP contribution in [0.5, 0.6) is 0 Å². The van der Waals surface area contributed by atoms with Gasteiger partial charge in [-0.15, -0.1) is 0 Å². The zero-order valence-electron chi connectivity index (χ0n) is 13.3. The van der Waals surface area contributed by atoms with E-state index in [0.717, 1.165) is 6.42 Å². The molecule has 2 bridgehead atoms. The number of nitrogens with one attached hydrogen (secondary N) is 1. The maximum atomic E-state index is 12.8. The fourth-order valence-corrected chi connectivity index (χ4v) is 4.61. The summed E-state index contributed by atoms with van der Waals surface area (Å²) in [5, 5.41) is 12.5. The number of anilines is 1. The summed E-state index contributed by atoms with van der Waals surface area (Å²) in [7, 11) is 0. The number of hydrogen-bond acceptors (Lipinski definition) is 3. The highest BCUT2D eigenvalue weighted by atomic mass is 16.4. The Morgan fingerprint density at radius 2 is 1.75 bits per heavy atom. The van der Waals surface area contributed by atoms with Crippen LogP contribution in [-0.2, 0) is 9.59 Å². The minimum absolute atomic E-state index is 0.0112. The van der Waals surface area contributed by atoms with Gasteiger partial charge in [0.05, 0.1) is 11.8 Å². The number of carbonyl (C=O) groups excluding carboxylic acids is 2. The van der Waals surface area contributed by atoms with Crippen molar-refractivity contribution in [2.45, 2.75) is 13.3 Å². The molecule has 5 nitrogen and oxygen atoms in total. The molecule has 4 aliphatic carbocycles. The van der Waals surface area contributed by atoms with Gasteiger partial charge in [0.15, 0.2) is 5.78 Å². The summed E-state index contributed by atoms with van der Waals surface area (Å²) >= 11 is 0. The lowest BCUT2D eigenvalue weighted by atomic mass is 9.62. The van der Waals surface area contributed by atoms with Crippen molar-refractivity contribution in [3.8, 4) is 0 Å². The van der Waals surface area contributed by atoms with E-state index in [0.29, 0.717) is 23.1 Å². The Balaban J connectivity index is 1.59. The molecule has 1 amide bonds. The molecule has 4 aliphatic rings. The summed E-state index contributed by atoms with van der Waals surface area (Å²) in [6.45, 7) is 1.47. The summed E-state index contributed by atoms with van der Waals surface area (Å²) in [4.78, 5) is 36.1. The summed E-state index contributed by atoms with van der Waals surface area (Å²) in [5.74, 6) is -1.54. The lowest BCUT2D eigenvalue weighted by molar-refractivity contribution is -0.152. The van der Waals surface area contributed by atoms with Crippen LogP contribution in [0.3, 0.4) is 0 Å². The molecule has 0 aliphatic heterocycles. The largest absolute Gasteiger partial charge is 0.481 e. The number of Topliss-reactive ketones (excluding diaryl/α,β-unsaturated/α-hetero) is 1. The fraction of sp³-hybridized carbons (Fsp3) is 0.421. The van der Waals surface area contributed by atoms with Gasteiger partial charge in [0.1, 0.15) is 0 Å². The number of rotatable bonds is 4. The summed E-state index contributed by atoms with van der Waals surface area (Å²) in [5.41, 5.74) is 1.06. The summed E-state index contributed by atoms with van der Waals surface area (Å²) in [6.07, 6.45) is 5.06. The van der Waals surface area contributed by atoms with Gasteiger partial charge in [-0.3, -0.25) is 14.4 Å². The lowest BCUT2D eigenvalue weighted by Gasteiger charge is -2.41. The van der Waals surface area contributed by atoms with Gasteiger partial charge in [-0.05, 0) is 49.1 Å². The van der Waals surface area contributed by atoms with E-state index >= 15 is 0 Å². The van der Waals surface area contributed by atoms with Gasteiger partial charge in [0, 0.05) is 11.3 Å². The first kappa shape index (κ1) is 15.1. The Hall–Kier alpha value is -2.43. The highest BCUT2D eigenvalue weighted by Crippen LogP contribution is 2.63. The second-order valence-electron chi connectivity index (χ2n) is 7.12. The average Bonchev–Trinajstić information content (AvgIpc) is 3.36. The third-order valence-electron chi connectivity index (χ3n) is 5.78. The van der Waals surface area contributed by atoms with Crippen molar-refractivity contribution in [3.05, 3.63) is 42.0 Å². The fourth-order valence-electron chi connectivity index (χ4n) is 4.61. The maximum absolute atomic E-state index is 12.8. The van der Waals surface area contributed by atoms with Crippen molar-refractivity contribution < 1.29 is 19.5 Å². The van der Waals surface area contributed by atoms with Gasteiger partial charge in [0.2, 0.25) is 5.91 Å². The first-order chi connectivity index (χ1) is 11.5. The van der Waals surface area contributed by atoms with E-state index in [4.69, 9.17) is 0 Å². The second-order valence-corrected chi connectivity index (χ2v) is 7.12. The SMILES string of the molecule is CC(=O)c1cccc(NC(=O)[C@@H]2[C@H]3C=C[C@@H]([C@@H]4C[C@@H]34)[C@@H]2C(=O)O)c1. The minimum Gasteiger partial charge on any atom is -0.481 e. The zero-order valence-corrected chi connectivity index (χ0v) is 13.3. The number of hydrogen-bond donors (Lipinski definition) is 2. The van der Waals surface area contributed by atoms with E-state index in [1.807, 2.05) is 12.2 Å². The minimum atomic E-state index is -0.891.